The Hall–Kier alpha value is -2.17. The third kappa shape index (κ3) is 2.31. The molecule has 0 saturated heterocycles. The van der Waals surface area contributed by atoms with Crippen LogP contribution in [0.15, 0.2) is 60.7 Å². The van der Waals surface area contributed by atoms with E-state index in [-0.39, 0.29) is 0 Å². The minimum Gasteiger partial charge on any atom is -0.287 e. The van der Waals surface area contributed by atoms with Crippen molar-refractivity contribution in [2.24, 2.45) is 0 Å². The molecule has 0 fully saturated rings. The molecule has 0 unspecified atom stereocenters. The highest BCUT2D eigenvalue weighted by Gasteiger charge is 2.62. The number of Topliss-reactive ketones (excluding diaryl/α,β-unsaturated/α-hetero) is 1. The van der Waals surface area contributed by atoms with E-state index in [0.29, 0.717) is 0 Å². The highest BCUT2D eigenvalue weighted by atomic mass is 19.3. The fraction of sp³-hybridized carbons (Fsp3) is 0.133. The van der Waals surface area contributed by atoms with Crippen molar-refractivity contribution in [1.29, 1.82) is 0 Å². The van der Waals surface area contributed by atoms with Crippen LogP contribution in [0.3, 0.4) is 0 Å². The Morgan fingerprint density at radius 1 is 0.750 bits per heavy atom. The van der Waals surface area contributed by atoms with Crippen LogP contribution >= 0.6 is 0 Å². The molecule has 0 spiro atoms. The van der Waals surface area contributed by atoms with Crippen LogP contribution in [-0.2, 0) is 5.92 Å². The van der Waals surface area contributed by atoms with Crippen LogP contribution in [0.5, 0.6) is 0 Å². The predicted octanol–water partition coefficient (Wildman–Crippen LogP) is 4.30. The van der Waals surface area contributed by atoms with Crippen LogP contribution in [0.25, 0.3) is 0 Å². The zero-order chi connectivity index (χ0) is 14.8. The summed E-state index contributed by atoms with van der Waals surface area (Å²) in [5.74, 6) is -11.3. The third-order valence-corrected chi connectivity index (χ3v) is 2.85. The van der Waals surface area contributed by atoms with Crippen LogP contribution in [-0.4, -0.2) is 11.7 Å². The molecule has 0 aromatic heterocycles. The Bertz CT molecular complexity index is 594. The lowest BCUT2D eigenvalue weighted by atomic mass is 9.95. The monoisotopic (exact) mass is 282 g/mol. The zero-order valence-corrected chi connectivity index (χ0v) is 10.2. The SMILES string of the molecule is O=C(c1ccccc1)C(F)(F)C(F)(F)c1ccccc1. The maximum absolute atomic E-state index is 13.9. The van der Waals surface area contributed by atoms with Crippen molar-refractivity contribution in [1.82, 2.24) is 0 Å². The van der Waals surface area contributed by atoms with Crippen molar-refractivity contribution in [2.45, 2.75) is 11.8 Å². The van der Waals surface area contributed by atoms with Crippen LogP contribution in [0, 0.1) is 0 Å². The van der Waals surface area contributed by atoms with Crippen LogP contribution < -0.4 is 0 Å². The van der Waals surface area contributed by atoms with E-state index in [1.165, 1.54) is 36.4 Å². The van der Waals surface area contributed by atoms with Crippen molar-refractivity contribution < 1.29 is 22.4 Å². The number of hydrogen-bond donors (Lipinski definition) is 0. The first-order valence-electron chi connectivity index (χ1n) is 5.78. The summed E-state index contributed by atoms with van der Waals surface area (Å²) in [5, 5.41) is 0. The Kier molecular flexibility index (Phi) is 3.61. The largest absolute Gasteiger partial charge is 0.375 e. The number of benzene rings is 2. The average Bonchev–Trinajstić information content (AvgIpc) is 2.48. The maximum atomic E-state index is 13.9. The lowest BCUT2D eigenvalue weighted by Gasteiger charge is -2.25. The normalized spacial score (nSPS) is 12.2. The fourth-order valence-electron chi connectivity index (χ4n) is 1.74. The van der Waals surface area contributed by atoms with E-state index in [0.717, 1.165) is 24.3 Å². The smallest absolute Gasteiger partial charge is 0.287 e. The average molecular weight is 282 g/mol. The molecule has 0 aliphatic carbocycles. The standard InChI is InChI=1S/C15H10F4O/c16-14(17,12-9-5-2-6-10-12)15(18,19)13(20)11-7-3-1-4-8-11/h1-10H. The van der Waals surface area contributed by atoms with Gasteiger partial charge in [-0.15, -0.1) is 0 Å². The topological polar surface area (TPSA) is 17.1 Å². The quantitative estimate of drug-likeness (QED) is 0.603. The molecular weight excluding hydrogens is 272 g/mol. The summed E-state index contributed by atoms with van der Waals surface area (Å²) in [4.78, 5) is 11.7. The molecule has 2 aromatic rings. The van der Waals surface area contributed by atoms with Crippen molar-refractivity contribution in [3.8, 4) is 0 Å². The minimum absolute atomic E-state index is 0.451. The molecule has 2 rings (SSSR count). The number of rotatable bonds is 4. The van der Waals surface area contributed by atoms with Crippen molar-refractivity contribution in [2.75, 3.05) is 0 Å². The van der Waals surface area contributed by atoms with E-state index >= 15 is 0 Å². The highest BCUT2D eigenvalue weighted by Crippen LogP contribution is 2.44. The summed E-state index contributed by atoms with van der Waals surface area (Å²) in [5.41, 5.74) is -1.35. The van der Waals surface area contributed by atoms with Gasteiger partial charge in [0.1, 0.15) is 0 Å². The van der Waals surface area contributed by atoms with E-state index in [1.54, 1.807) is 0 Å². The Morgan fingerprint density at radius 2 is 1.20 bits per heavy atom. The van der Waals surface area contributed by atoms with E-state index in [2.05, 4.69) is 0 Å². The zero-order valence-electron chi connectivity index (χ0n) is 10.2. The number of hydrogen-bond acceptors (Lipinski definition) is 1. The first-order valence-corrected chi connectivity index (χ1v) is 5.78. The second-order valence-corrected chi connectivity index (χ2v) is 4.21. The van der Waals surface area contributed by atoms with Crippen molar-refractivity contribution in [3.05, 3.63) is 71.8 Å². The second kappa shape index (κ2) is 5.07. The summed E-state index contributed by atoms with van der Waals surface area (Å²) >= 11 is 0. The third-order valence-electron chi connectivity index (χ3n) is 2.85. The molecular formula is C15H10F4O. The van der Waals surface area contributed by atoms with Gasteiger partial charge in [-0.1, -0.05) is 60.7 Å². The van der Waals surface area contributed by atoms with Gasteiger partial charge in [0.2, 0.25) is 5.78 Å². The lowest BCUT2D eigenvalue weighted by Crippen LogP contribution is -2.45. The number of halogens is 4. The van der Waals surface area contributed by atoms with Gasteiger partial charge in [-0.3, -0.25) is 4.79 Å². The molecule has 0 N–H and O–H groups in total. The highest BCUT2D eigenvalue weighted by molar-refractivity contribution is 6.02. The number of alkyl halides is 4. The molecule has 104 valence electrons. The van der Waals surface area contributed by atoms with E-state index in [1.807, 2.05) is 0 Å². The summed E-state index contributed by atoms with van der Waals surface area (Å²) < 4.78 is 55.5. The van der Waals surface area contributed by atoms with Crippen LogP contribution in [0.4, 0.5) is 17.6 Å². The molecule has 1 nitrogen and oxygen atoms in total. The molecule has 0 atom stereocenters. The second-order valence-electron chi connectivity index (χ2n) is 4.21. The predicted molar refractivity (Wildman–Crippen MR) is 66.1 cm³/mol. The molecule has 0 bridgehead atoms. The maximum Gasteiger partial charge on any atom is 0.375 e. The van der Waals surface area contributed by atoms with Gasteiger partial charge in [-0.05, 0) is 0 Å². The van der Waals surface area contributed by atoms with Gasteiger partial charge >= 0.3 is 11.8 Å². The molecule has 0 aliphatic rings. The Labute approximate surface area is 112 Å². The van der Waals surface area contributed by atoms with Crippen molar-refractivity contribution >= 4 is 5.78 Å². The molecule has 5 heteroatoms. The van der Waals surface area contributed by atoms with Gasteiger partial charge in [0.15, 0.2) is 0 Å². The van der Waals surface area contributed by atoms with Crippen LogP contribution in [0.2, 0.25) is 0 Å². The molecule has 0 amide bonds. The van der Waals surface area contributed by atoms with Gasteiger partial charge < -0.3 is 0 Å². The van der Waals surface area contributed by atoms with Crippen molar-refractivity contribution in [3.63, 3.8) is 0 Å². The van der Waals surface area contributed by atoms with Crippen LogP contribution in [0.1, 0.15) is 15.9 Å². The number of carbonyl (C=O) groups is 1. The molecule has 2 aromatic carbocycles. The summed E-state index contributed by atoms with van der Waals surface area (Å²) in [6.07, 6.45) is 0. The Balaban J connectivity index is 2.42. The van der Waals surface area contributed by atoms with E-state index < -0.39 is 28.8 Å². The molecule has 20 heavy (non-hydrogen) atoms. The number of ketones is 1. The first kappa shape index (κ1) is 14.2. The number of carbonyl (C=O) groups excluding carboxylic acids is 1. The van der Waals surface area contributed by atoms with Gasteiger partial charge in [0, 0.05) is 11.1 Å². The first-order chi connectivity index (χ1) is 9.37. The van der Waals surface area contributed by atoms with E-state index in [9.17, 15) is 22.4 Å². The lowest BCUT2D eigenvalue weighted by molar-refractivity contribution is -0.184. The van der Waals surface area contributed by atoms with Gasteiger partial charge in [0.25, 0.3) is 0 Å². The molecule has 0 radical (unpaired) electrons. The summed E-state index contributed by atoms with van der Waals surface area (Å²) in [6, 6.07) is 11.9. The molecule has 0 aliphatic heterocycles. The molecule has 0 saturated carbocycles. The van der Waals surface area contributed by atoms with Gasteiger partial charge in [-0.25, -0.2) is 0 Å². The van der Waals surface area contributed by atoms with Gasteiger partial charge in [-0.2, -0.15) is 17.6 Å². The summed E-state index contributed by atoms with van der Waals surface area (Å²) in [6.45, 7) is 0. The Morgan fingerprint density at radius 3 is 1.70 bits per heavy atom. The fourth-order valence-corrected chi connectivity index (χ4v) is 1.74. The van der Waals surface area contributed by atoms with E-state index in [4.69, 9.17) is 0 Å². The molecule has 0 heterocycles. The summed E-state index contributed by atoms with van der Waals surface area (Å²) in [7, 11) is 0. The minimum atomic E-state index is -4.81. The van der Waals surface area contributed by atoms with Gasteiger partial charge in [0.05, 0.1) is 0 Å².